The van der Waals surface area contributed by atoms with Crippen molar-refractivity contribution in [3.05, 3.63) is 82.3 Å². The largest absolute Gasteiger partial charge is 0.385 e. The van der Waals surface area contributed by atoms with Gasteiger partial charge >= 0.3 is 0 Å². The summed E-state index contributed by atoms with van der Waals surface area (Å²) in [7, 11) is 1.69. The fourth-order valence-corrected chi connectivity index (χ4v) is 3.62. The maximum Gasteiger partial charge on any atom is 0.264 e. The van der Waals surface area contributed by atoms with Crippen molar-refractivity contribution in [1.29, 1.82) is 0 Å². The molecule has 0 radical (unpaired) electrons. The van der Waals surface area contributed by atoms with Gasteiger partial charge in [-0.1, -0.05) is 36.4 Å². The number of aromatic nitrogens is 1. The summed E-state index contributed by atoms with van der Waals surface area (Å²) in [6.45, 7) is 2.74. The van der Waals surface area contributed by atoms with E-state index in [1.807, 2.05) is 34.5 Å². The Bertz CT molecular complexity index is 797. The van der Waals surface area contributed by atoms with E-state index in [0.717, 1.165) is 23.5 Å². The van der Waals surface area contributed by atoms with Gasteiger partial charge in [-0.05, 0) is 35.6 Å². The van der Waals surface area contributed by atoms with Crippen LogP contribution in [0.1, 0.15) is 27.3 Å². The number of benzene rings is 1. The molecule has 26 heavy (non-hydrogen) atoms. The number of nitrogens with zero attached hydrogens (tertiary/aromatic N) is 2. The standard InChI is InChI=1S/C21H24N2O2S/c1-25-14-7-13-23(21(24)20-11-6-15-26-20)17-19-10-5-12-22(19)16-18-8-3-2-4-9-18/h2-6,8-12,15H,7,13-14,16-17H2,1H3. The minimum atomic E-state index is 0.0866. The summed E-state index contributed by atoms with van der Waals surface area (Å²) < 4.78 is 7.37. The molecule has 2 aromatic heterocycles. The molecule has 1 aromatic carbocycles. The molecule has 3 aromatic rings. The van der Waals surface area contributed by atoms with Gasteiger partial charge < -0.3 is 14.2 Å². The van der Waals surface area contributed by atoms with Crippen LogP contribution in [0.3, 0.4) is 0 Å². The Morgan fingerprint density at radius 3 is 2.69 bits per heavy atom. The average molecular weight is 369 g/mol. The molecular formula is C21H24N2O2S. The molecule has 3 rings (SSSR count). The van der Waals surface area contributed by atoms with E-state index in [9.17, 15) is 4.79 Å². The summed E-state index contributed by atoms with van der Waals surface area (Å²) >= 11 is 1.49. The zero-order valence-electron chi connectivity index (χ0n) is 15.0. The van der Waals surface area contributed by atoms with Crippen molar-refractivity contribution in [2.45, 2.75) is 19.5 Å². The number of ether oxygens (including phenoxy) is 1. The van der Waals surface area contributed by atoms with Gasteiger partial charge in [0.1, 0.15) is 0 Å². The smallest absolute Gasteiger partial charge is 0.264 e. The van der Waals surface area contributed by atoms with Crippen LogP contribution in [0.5, 0.6) is 0 Å². The molecule has 0 aliphatic carbocycles. The average Bonchev–Trinajstić information content (AvgIpc) is 3.34. The van der Waals surface area contributed by atoms with Crippen LogP contribution in [0.2, 0.25) is 0 Å². The maximum absolute atomic E-state index is 12.9. The lowest BCUT2D eigenvalue weighted by Crippen LogP contribution is -2.32. The molecule has 0 fully saturated rings. The van der Waals surface area contributed by atoms with E-state index >= 15 is 0 Å². The molecular weight excluding hydrogens is 344 g/mol. The highest BCUT2D eigenvalue weighted by molar-refractivity contribution is 7.12. The summed E-state index contributed by atoms with van der Waals surface area (Å²) in [6.07, 6.45) is 2.90. The number of hydrogen-bond donors (Lipinski definition) is 0. The Morgan fingerprint density at radius 2 is 1.96 bits per heavy atom. The topological polar surface area (TPSA) is 34.5 Å². The number of rotatable bonds is 9. The molecule has 0 bridgehead atoms. The quantitative estimate of drug-likeness (QED) is 0.529. The van der Waals surface area contributed by atoms with Crippen LogP contribution in [-0.2, 0) is 17.8 Å². The zero-order chi connectivity index (χ0) is 18.2. The van der Waals surface area contributed by atoms with Crippen molar-refractivity contribution in [1.82, 2.24) is 9.47 Å². The van der Waals surface area contributed by atoms with E-state index in [4.69, 9.17) is 4.74 Å². The van der Waals surface area contributed by atoms with Gasteiger partial charge in [0.2, 0.25) is 0 Å². The maximum atomic E-state index is 12.9. The molecule has 0 atom stereocenters. The molecule has 136 valence electrons. The van der Waals surface area contributed by atoms with Crippen LogP contribution < -0.4 is 0 Å². The first-order chi connectivity index (χ1) is 12.8. The zero-order valence-corrected chi connectivity index (χ0v) is 15.8. The van der Waals surface area contributed by atoms with Gasteiger partial charge in [-0.3, -0.25) is 4.79 Å². The second kappa shape index (κ2) is 9.36. The lowest BCUT2D eigenvalue weighted by molar-refractivity contribution is 0.0724. The Labute approximate surface area is 158 Å². The third kappa shape index (κ3) is 4.84. The summed E-state index contributed by atoms with van der Waals surface area (Å²) in [5.74, 6) is 0.0866. The highest BCUT2D eigenvalue weighted by Crippen LogP contribution is 2.16. The third-order valence-corrected chi connectivity index (χ3v) is 5.13. The van der Waals surface area contributed by atoms with Crippen LogP contribution in [0, 0.1) is 0 Å². The van der Waals surface area contributed by atoms with E-state index in [0.29, 0.717) is 19.7 Å². The number of carbonyl (C=O) groups is 1. The Balaban J connectivity index is 1.74. The Hall–Kier alpha value is -2.37. The highest BCUT2D eigenvalue weighted by Gasteiger charge is 2.18. The lowest BCUT2D eigenvalue weighted by Gasteiger charge is -2.23. The number of amides is 1. The van der Waals surface area contributed by atoms with Crippen molar-refractivity contribution >= 4 is 17.2 Å². The second-order valence-electron chi connectivity index (χ2n) is 6.16. The van der Waals surface area contributed by atoms with Crippen LogP contribution in [0.15, 0.2) is 66.2 Å². The van der Waals surface area contributed by atoms with Crippen LogP contribution >= 0.6 is 11.3 Å². The molecule has 0 N–H and O–H groups in total. The van der Waals surface area contributed by atoms with Crippen molar-refractivity contribution in [3.63, 3.8) is 0 Å². The second-order valence-corrected chi connectivity index (χ2v) is 7.11. The van der Waals surface area contributed by atoms with Gasteiger partial charge in [-0.2, -0.15) is 0 Å². The van der Waals surface area contributed by atoms with E-state index in [1.165, 1.54) is 16.9 Å². The number of carbonyl (C=O) groups excluding carboxylic acids is 1. The SMILES string of the molecule is COCCCN(Cc1cccn1Cc1ccccc1)C(=O)c1cccs1. The molecule has 0 saturated heterocycles. The van der Waals surface area contributed by atoms with E-state index < -0.39 is 0 Å². The summed E-state index contributed by atoms with van der Waals surface area (Å²) in [5.41, 5.74) is 2.39. The first kappa shape index (κ1) is 18.4. The summed E-state index contributed by atoms with van der Waals surface area (Å²) in [6, 6.07) is 18.3. The number of thiophene rings is 1. The van der Waals surface area contributed by atoms with Crippen LogP contribution in [-0.4, -0.2) is 35.6 Å². The monoisotopic (exact) mass is 368 g/mol. The first-order valence-corrected chi connectivity index (χ1v) is 9.65. The van der Waals surface area contributed by atoms with Gasteiger partial charge in [0.25, 0.3) is 5.91 Å². The normalized spacial score (nSPS) is 10.8. The lowest BCUT2D eigenvalue weighted by atomic mass is 10.2. The van der Waals surface area contributed by atoms with Crippen molar-refractivity contribution < 1.29 is 9.53 Å². The molecule has 4 nitrogen and oxygen atoms in total. The predicted octanol–water partition coefficient (Wildman–Crippen LogP) is 4.28. The number of methoxy groups -OCH3 is 1. The summed E-state index contributed by atoms with van der Waals surface area (Å²) in [5, 5.41) is 1.94. The van der Waals surface area contributed by atoms with Crippen LogP contribution in [0.25, 0.3) is 0 Å². The van der Waals surface area contributed by atoms with Gasteiger partial charge in [0.15, 0.2) is 0 Å². The highest BCUT2D eigenvalue weighted by atomic mass is 32.1. The Kier molecular flexibility index (Phi) is 6.63. The molecule has 1 amide bonds. The minimum absolute atomic E-state index is 0.0866. The fraction of sp³-hybridized carbons (Fsp3) is 0.286. The van der Waals surface area contributed by atoms with Gasteiger partial charge in [-0.25, -0.2) is 0 Å². The van der Waals surface area contributed by atoms with Gasteiger partial charge in [-0.15, -0.1) is 11.3 Å². The predicted molar refractivity (Wildman–Crippen MR) is 106 cm³/mol. The van der Waals surface area contributed by atoms with Crippen molar-refractivity contribution in [2.24, 2.45) is 0 Å². The molecule has 2 heterocycles. The van der Waals surface area contributed by atoms with Crippen molar-refractivity contribution in [2.75, 3.05) is 20.3 Å². The van der Waals surface area contributed by atoms with E-state index in [1.54, 1.807) is 7.11 Å². The van der Waals surface area contributed by atoms with Crippen molar-refractivity contribution in [3.8, 4) is 0 Å². The molecule has 5 heteroatoms. The van der Waals surface area contributed by atoms with Crippen LogP contribution in [0.4, 0.5) is 0 Å². The summed E-state index contributed by atoms with van der Waals surface area (Å²) in [4.78, 5) is 15.6. The fourth-order valence-electron chi connectivity index (χ4n) is 2.93. The molecule has 0 aliphatic rings. The van der Waals surface area contributed by atoms with E-state index in [2.05, 4.69) is 41.1 Å². The van der Waals surface area contributed by atoms with Gasteiger partial charge in [0, 0.05) is 38.7 Å². The Morgan fingerprint density at radius 1 is 1.12 bits per heavy atom. The third-order valence-electron chi connectivity index (χ3n) is 4.27. The first-order valence-electron chi connectivity index (χ1n) is 8.77. The molecule has 0 unspecified atom stereocenters. The minimum Gasteiger partial charge on any atom is -0.385 e. The van der Waals surface area contributed by atoms with E-state index in [-0.39, 0.29) is 5.91 Å². The van der Waals surface area contributed by atoms with Gasteiger partial charge in [0.05, 0.1) is 11.4 Å². The number of hydrogen-bond acceptors (Lipinski definition) is 3. The molecule has 0 aliphatic heterocycles. The molecule has 0 spiro atoms. The molecule has 0 saturated carbocycles.